The van der Waals surface area contributed by atoms with Gasteiger partial charge in [-0.05, 0) is 18.9 Å². The number of halogens is 4. The molecule has 1 aliphatic heterocycles. The van der Waals surface area contributed by atoms with Crippen molar-refractivity contribution in [1.29, 1.82) is 0 Å². The molecule has 1 saturated heterocycles. The van der Waals surface area contributed by atoms with Gasteiger partial charge in [0.05, 0.1) is 10.6 Å². The SMILES string of the molecule is FC(F)(F)c1cc(Cl)c2nnc(SC3CCOCC3)n2c1. The van der Waals surface area contributed by atoms with Crippen LogP contribution in [0, 0.1) is 0 Å². The molecule has 0 saturated carbocycles. The Labute approximate surface area is 127 Å². The van der Waals surface area contributed by atoms with Gasteiger partial charge in [0.2, 0.25) is 0 Å². The fraction of sp³-hybridized carbons (Fsp3) is 0.500. The Bertz CT molecular complexity index is 655. The third-order valence-electron chi connectivity index (χ3n) is 3.20. The van der Waals surface area contributed by atoms with Gasteiger partial charge in [0.15, 0.2) is 10.8 Å². The number of rotatable bonds is 2. The zero-order valence-corrected chi connectivity index (χ0v) is 12.3. The van der Waals surface area contributed by atoms with Crippen molar-refractivity contribution in [2.45, 2.75) is 29.4 Å². The molecular formula is C12H11ClF3N3OS. The predicted octanol–water partition coefficient (Wildman–Crippen LogP) is 3.67. The van der Waals surface area contributed by atoms with Crippen LogP contribution in [0.2, 0.25) is 5.02 Å². The fourth-order valence-corrected chi connectivity index (χ4v) is 3.43. The average Bonchev–Trinajstić information content (AvgIpc) is 2.83. The van der Waals surface area contributed by atoms with Gasteiger partial charge in [0.1, 0.15) is 0 Å². The molecular weight excluding hydrogens is 327 g/mol. The third-order valence-corrected chi connectivity index (χ3v) is 4.77. The molecule has 0 bridgehead atoms. The van der Waals surface area contributed by atoms with Crippen LogP contribution in [0.4, 0.5) is 13.2 Å². The molecule has 2 aromatic heterocycles. The van der Waals surface area contributed by atoms with Crippen LogP contribution < -0.4 is 0 Å². The van der Waals surface area contributed by atoms with Crippen molar-refractivity contribution in [1.82, 2.24) is 14.6 Å². The van der Waals surface area contributed by atoms with Crippen molar-refractivity contribution in [3.8, 4) is 0 Å². The molecule has 3 heterocycles. The molecule has 0 spiro atoms. The first-order valence-electron chi connectivity index (χ1n) is 6.31. The number of fused-ring (bicyclic) bond motifs is 1. The summed E-state index contributed by atoms with van der Waals surface area (Å²) in [5, 5.41) is 8.45. The maximum Gasteiger partial charge on any atom is 0.417 e. The number of nitrogens with zero attached hydrogens (tertiary/aromatic N) is 3. The van der Waals surface area contributed by atoms with Gasteiger partial charge in [0.25, 0.3) is 0 Å². The molecule has 1 fully saturated rings. The van der Waals surface area contributed by atoms with E-state index in [1.54, 1.807) is 0 Å². The highest BCUT2D eigenvalue weighted by Crippen LogP contribution is 2.34. The minimum Gasteiger partial charge on any atom is -0.381 e. The first-order valence-corrected chi connectivity index (χ1v) is 7.57. The van der Waals surface area contributed by atoms with Crippen LogP contribution in [0.25, 0.3) is 5.65 Å². The summed E-state index contributed by atoms with van der Waals surface area (Å²) in [4.78, 5) is 0. The van der Waals surface area contributed by atoms with Crippen LogP contribution in [0.5, 0.6) is 0 Å². The van der Waals surface area contributed by atoms with Crippen LogP contribution in [0.1, 0.15) is 18.4 Å². The van der Waals surface area contributed by atoms with Crippen molar-refractivity contribution in [3.05, 3.63) is 22.8 Å². The van der Waals surface area contributed by atoms with Crippen molar-refractivity contribution in [2.24, 2.45) is 0 Å². The summed E-state index contributed by atoms with van der Waals surface area (Å²) < 4.78 is 45.1. The molecule has 0 aromatic carbocycles. The van der Waals surface area contributed by atoms with E-state index in [1.807, 2.05) is 0 Å². The van der Waals surface area contributed by atoms with Gasteiger partial charge >= 0.3 is 6.18 Å². The molecule has 0 N–H and O–H groups in total. The van der Waals surface area contributed by atoms with Gasteiger partial charge in [-0.25, -0.2) is 0 Å². The molecule has 0 amide bonds. The first-order chi connectivity index (χ1) is 9.95. The van der Waals surface area contributed by atoms with E-state index in [0.29, 0.717) is 18.4 Å². The molecule has 0 atom stereocenters. The predicted molar refractivity (Wildman–Crippen MR) is 72.7 cm³/mol. The van der Waals surface area contributed by atoms with E-state index in [4.69, 9.17) is 16.3 Å². The van der Waals surface area contributed by atoms with Gasteiger partial charge in [-0.3, -0.25) is 4.40 Å². The number of hydrogen-bond donors (Lipinski definition) is 0. The molecule has 0 unspecified atom stereocenters. The zero-order chi connectivity index (χ0) is 15.0. The summed E-state index contributed by atoms with van der Waals surface area (Å²) in [6, 6.07) is 0.870. The van der Waals surface area contributed by atoms with Gasteiger partial charge in [0, 0.05) is 24.7 Å². The Hall–Kier alpha value is -0.990. The van der Waals surface area contributed by atoms with Crippen molar-refractivity contribution < 1.29 is 17.9 Å². The molecule has 1 aliphatic rings. The lowest BCUT2D eigenvalue weighted by molar-refractivity contribution is -0.137. The number of pyridine rings is 1. The van der Waals surface area contributed by atoms with Crippen LogP contribution in [-0.4, -0.2) is 33.1 Å². The highest BCUT2D eigenvalue weighted by atomic mass is 35.5. The maximum absolute atomic E-state index is 12.9. The van der Waals surface area contributed by atoms with Crippen molar-refractivity contribution in [2.75, 3.05) is 13.2 Å². The van der Waals surface area contributed by atoms with Gasteiger partial charge < -0.3 is 4.74 Å². The maximum atomic E-state index is 12.9. The molecule has 21 heavy (non-hydrogen) atoms. The average molecular weight is 338 g/mol. The number of ether oxygens (including phenoxy) is 1. The Morgan fingerprint density at radius 2 is 2.00 bits per heavy atom. The van der Waals surface area contributed by atoms with Gasteiger partial charge in [-0.2, -0.15) is 13.2 Å². The highest BCUT2D eigenvalue weighted by molar-refractivity contribution is 7.99. The summed E-state index contributed by atoms with van der Waals surface area (Å²) in [5.41, 5.74) is -0.576. The second-order valence-electron chi connectivity index (χ2n) is 4.68. The van der Waals surface area contributed by atoms with E-state index in [9.17, 15) is 13.2 Å². The second-order valence-corrected chi connectivity index (χ2v) is 6.35. The lowest BCUT2D eigenvalue weighted by Crippen LogP contribution is -2.17. The molecule has 3 rings (SSSR count). The van der Waals surface area contributed by atoms with Crippen LogP contribution in [-0.2, 0) is 10.9 Å². The van der Waals surface area contributed by atoms with Gasteiger partial charge in [-0.1, -0.05) is 23.4 Å². The zero-order valence-electron chi connectivity index (χ0n) is 10.7. The van der Waals surface area contributed by atoms with E-state index in [1.165, 1.54) is 16.2 Å². The Morgan fingerprint density at radius 3 is 2.67 bits per heavy atom. The van der Waals surface area contributed by atoms with Crippen LogP contribution >= 0.6 is 23.4 Å². The number of thioether (sulfide) groups is 1. The number of aromatic nitrogens is 3. The molecule has 2 aromatic rings. The molecule has 114 valence electrons. The van der Waals surface area contributed by atoms with Crippen LogP contribution in [0.15, 0.2) is 17.4 Å². The topological polar surface area (TPSA) is 39.4 Å². The largest absolute Gasteiger partial charge is 0.417 e. The number of hydrogen-bond acceptors (Lipinski definition) is 4. The quantitative estimate of drug-likeness (QED) is 0.838. The lowest BCUT2D eigenvalue weighted by Gasteiger charge is -2.20. The van der Waals surface area contributed by atoms with E-state index in [-0.39, 0.29) is 15.9 Å². The smallest absolute Gasteiger partial charge is 0.381 e. The molecule has 0 aliphatic carbocycles. The second kappa shape index (κ2) is 5.66. The normalized spacial score (nSPS) is 17.5. The Morgan fingerprint density at radius 1 is 1.29 bits per heavy atom. The van der Waals surface area contributed by atoms with Crippen molar-refractivity contribution in [3.63, 3.8) is 0 Å². The Kier molecular flexibility index (Phi) is 4.02. The number of alkyl halides is 3. The minimum absolute atomic E-state index is 0.0591. The summed E-state index contributed by atoms with van der Waals surface area (Å²) >= 11 is 7.28. The Balaban J connectivity index is 1.97. The molecule has 0 radical (unpaired) electrons. The standard InChI is InChI=1S/C12H11ClF3N3OS/c13-9-5-7(12(14,15)16)6-19-10(9)17-18-11(19)21-8-1-3-20-4-2-8/h5-6,8H,1-4H2. The summed E-state index contributed by atoms with van der Waals surface area (Å²) in [5.74, 6) is 0. The summed E-state index contributed by atoms with van der Waals surface area (Å²) in [7, 11) is 0. The van der Waals surface area contributed by atoms with E-state index < -0.39 is 11.7 Å². The summed E-state index contributed by atoms with van der Waals surface area (Å²) in [6.45, 7) is 1.31. The first kappa shape index (κ1) is 14.9. The third kappa shape index (κ3) is 3.12. The van der Waals surface area contributed by atoms with Gasteiger partial charge in [-0.15, -0.1) is 10.2 Å². The highest BCUT2D eigenvalue weighted by Gasteiger charge is 2.32. The fourth-order valence-electron chi connectivity index (χ4n) is 2.11. The molecule has 4 nitrogen and oxygen atoms in total. The van der Waals surface area contributed by atoms with E-state index >= 15 is 0 Å². The van der Waals surface area contributed by atoms with E-state index in [0.717, 1.165) is 25.1 Å². The molecule has 9 heteroatoms. The van der Waals surface area contributed by atoms with Crippen LogP contribution in [0.3, 0.4) is 0 Å². The van der Waals surface area contributed by atoms with E-state index in [2.05, 4.69) is 10.2 Å². The monoisotopic (exact) mass is 337 g/mol. The van der Waals surface area contributed by atoms with Crippen molar-refractivity contribution >= 4 is 29.0 Å². The summed E-state index contributed by atoms with van der Waals surface area (Å²) in [6.07, 6.45) is -1.79. The lowest BCUT2D eigenvalue weighted by atomic mass is 10.2. The minimum atomic E-state index is -4.46.